The first-order chi connectivity index (χ1) is 18.1. The molecule has 0 aliphatic rings. The van der Waals surface area contributed by atoms with E-state index in [0.29, 0.717) is 22.8 Å². The van der Waals surface area contributed by atoms with Gasteiger partial charge in [-0.05, 0) is 42.3 Å². The van der Waals surface area contributed by atoms with Gasteiger partial charge in [0.1, 0.15) is 5.01 Å². The van der Waals surface area contributed by atoms with Crippen molar-refractivity contribution in [3.8, 4) is 0 Å². The van der Waals surface area contributed by atoms with Crippen LogP contribution in [-0.2, 0) is 9.63 Å². The van der Waals surface area contributed by atoms with E-state index < -0.39 is 6.09 Å². The summed E-state index contributed by atoms with van der Waals surface area (Å²) in [4.78, 5) is 38.4. The molecule has 4 aromatic rings. The highest BCUT2D eigenvalue weighted by atomic mass is 32.1. The quantitative estimate of drug-likeness (QED) is 0.115. The van der Waals surface area contributed by atoms with E-state index in [1.807, 2.05) is 84.9 Å². The predicted octanol–water partition coefficient (Wildman–Crippen LogP) is 8.15. The summed E-state index contributed by atoms with van der Waals surface area (Å²) in [7, 11) is 0. The molecule has 7 heteroatoms. The molecule has 0 N–H and O–H groups in total. The minimum atomic E-state index is -0.707. The Hall–Kier alpha value is -3.84. The van der Waals surface area contributed by atoms with Crippen LogP contribution in [0.25, 0.3) is 10.2 Å². The average Bonchev–Trinajstić information content (AvgIpc) is 3.36. The summed E-state index contributed by atoms with van der Waals surface area (Å²) >= 11 is 1.37. The fraction of sp³-hybridized carbons (Fsp3) is 0.267. The summed E-state index contributed by atoms with van der Waals surface area (Å²) in [6.45, 7) is 4.24. The molecule has 4 rings (SSSR count). The molecular weight excluding hydrogens is 482 g/mol. The van der Waals surface area contributed by atoms with Gasteiger partial charge in [-0.3, -0.25) is 9.63 Å². The molecule has 3 aromatic carbocycles. The van der Waals surface area contributed by atoms with Crippen LogP contribution in [0.4, 0.5) is 16.2 Å². The molecule has 0 aliphatic heterocycles. The Morgan fingerprint density at radius 1 is 0.919 bits per heavy atom. The number of anilines is 2. The first-order valence-corrected chi connectivity index (χ1v) is 13.5. The van der Waals surface area contributed by atoms with Crippen LogP contribution in [0.15, 0.2) is 90.1 Å². The molecule has 190 valence electrons. The number of hydrogen-bond donors (Lipinski definition) is 0. The fourth-order valence-corrected chi connectivity index (χ4v) is 5.09. The average molecular weight is 514 g/mol. The number of benzene rings is 3. The zero-order chi connectivity index (χ0) is 26.0. The third-order valence-corrected chi connectivity index (χ3v) is 7.25. The first-order valence-electron chi connectivity index (χ1n) is 12.7. The van der Waals surface area contributed by atoms with Gasteiger partial charge in [0, 0.05) is 6.42 Å². The molecular formula is C30H31N3O3S. The molecule has 1 aromatic heterocycles. The number of oxime groups is 1. The predicted molar refractivity (Wildman–Crippen MR) is 151 cm³/mol. The molecule has 0 bridgehead atoms. The Morgan fingerprint density at radius 2 is 1.54 bits per heavy atom. The number of rotatable bonds is 11. The van der Waals surface area contributed by atoms with Crippen LogP contribution < -0.4 is 4.90 Å². The Bertz CT molecular complexity index is 1280. The van der Waals surface area contributed by atoms with Crippen LogP contribution in [-0.4, -0.2) is 22.6 Å². The highest BCUT2D eigenvalue weighted by Gasteiger charge is 2.25. The molecule has 0 aliphatic carbocycles. The molecule has 0 saturated heterocycles. The molecule has 0 fully saturated rings. The summed E-state index contributed by atoms with van der Waals surface area (Å²) in [5.41, 5.74) is 2.13. The van der Waals surface area contributed by atoms with Crippen molar-refractivity contribution in [3.63, 3.8) is 0 Å². The number of carbonyl (C=O) groups excluding carboxylic acids is 2. The number of para-hydroxylation sites is 3. The van der Waals surface area contributed by atoms with Gasteiger partial charge < -0.3 is 0 Å². The number of nitrogens with zero attached hydrogens (tertiary/aromatic N) is 3. The number of hydrogen-bond acceptors (Lipinski definition) is 6. The Kier molecular flexibility index (Phi) is 9.16. The number of Topliss-reactive ketones (excluding diaryl/α,β-unsaturated/α-hetero) is 1. The lowest BCUT2D eigenvalue weighted by Crippen LogP contribution is -2.27. The fourth-order valence-electron chi connectivity index (χ4n) is 4.12. The molecule has 0 spiro atoms. The van der Waals surface area contributed by atoms with Crippen molar-refractivity contribution in [1.82, 2.24) is 4.98 Å². The third kappa shape index (κ3) is 6.68. The molecule has 6 nitrogen and oxygen atoms in total. The normalized spacial score (nSPS) is 12.3. The zero-order valence-corrected chi connectivity index (χ0v) is 22.0. The number of carbonyl (C=O) groups is 2. The van der Waals surface area contributed by atoms with Crippen molar-refractivity contribution in [3.05, 3.63) is 89.9 Å². The lowest BCUT2D eigenvalue weighted by Gasteiger charge is -2.20. The van der Waals surface area contributed by atoms with Gasteiger partial charge in [-0.15, -0.1) is 11.3 Å². The lowest BCUT2D eigenvalue weighted by molar-refractivity contribution is -0.113. The van der Waals surface area contributed by atoms with Crippen molar-refractivity contribution in [2.75, 3.05) is 4.90 Å². The standard InChI is InChI=1S/C30H31N3O3S/c1-3-5-14-22(4-2)21-26(34)28(29-31-25-19-12-13-20-27(25)37-29)32-36-30(35)33(23-15-8-6-9-16-23)24-17-10-7-11-18-24/h6-13,15-20,22H,3-5,14,21H2,1-2H3. The van der Waals surface area contributed by atoms with Gasteiger partial charge in [0.15, 0.2) is 11.5 Å². The maximum absolute atomic E-state index is 13.5. The largest absolute Gasteiger partial charge is 0.445 e. The Morgan fingerprint density at radius 3 is 2.14 bits per heavy atom. The van der Waals surface area contributed by atoms with Crippen LogP contribution in [0.3, 0.4) is 0 Å². The van der Waals surface area contributed by atoms with Crippen LogP contribution >= 0.6 is 11.3 Å². The highest BCUT2D eigenvalue weighted by Crippen LogP contribution is 2.27. The van der Waals surface area contributed by atoms with Crippen LogP contribution in [0.2, 0.25) is 0 Å². The molecule has 0 radical (unpaired) electrons. The minimum Gasteiger partial charge on any atom is -0.297 e. The van der Waals surface area contributed by atoms with Crippen molar-refractivity contribution >= 4 is 50.5 Å². The SMILES string of the molecule is CCCCC(CC)CC(=O)C(=NOC(=O)N(c1ccccc1)c1ccccc1)c1nc2ccccc2s1. The first kappa shape index (κ1) is 26.2. The van der Waals surface area contributed by atoms with Gasteiger partial charge in [-0.1, -0.05) is 93.2 Å². The number of fused-ring (bicyclic) bond motifs is 1. The number of ketones is 1. The lowest BCUT2D eigenvalue weighted by atomic mass is 9.92. The number of aromatic nitrogens is 1. The second-order valence-corrected chi connectivity index (χ2v) is 9.86. The summed E-state index contributed by atoms with van der Waals surface area (Å²) in [6, 6.07) is 26.1. The van der Waals surface area contributed by atoms with Crippen molar-refractivity contribution in [1.29, 1.82) is 0 Å². The van der Waals surface area contributed by atoms with E-state index in [2.05, 4.69) is 24.0 Å². The molecule has 1 heterocycles. The monoisotopic (exact) mass is 513 g/mol. The van der Waals surface area contributed by atoms with Crippen LogP contribution in [0, 0.1) is 5.92 Å². The number of thiazole rings is 1. The Balaban J connectivity index is 1.66. The van der Waals surface area contributed by atoms with Gasteiger partial charge in [0.05, 0.1) is 21.6 Å². The molecule has 1 unspecified atom stereocenters. The third-order valence-electron chi connectivity index (χ3n) is 6.20. The maximum Gasteiger partial charge on any atom is 0.445 e. The van der Waals surface area contributed by atoms with Gasteiger partial charge in [-0.2, -0.15) is 0 Å². The van der Waals surface area contributed by atoms with E-state index in [-0.39, 0.29) is 17.4 Å². The van der Waals surface area contributed by atoms with Crippen molar-refractivity contribution in [2.45, 2.75) is 46.0 Å². The van der Waals surface area contributed by atoms with E-state index in [0.717, 1.165) is 35.9 Å². The van der Waals surface area contributed by atoms with Crippen LogP contribution in [0.5, 0.6) is 0 Å². The van der Waals surface area contributed by atoms with Crippen LogP contribution in [0.1, 0.15) is 51.0 Å². The van der Waals surface area contributed by atoms with Gasteiger partial charge in [0.2, 0.25) is 0 Å². The highest BCUT2D eigenvalue weighted by molar-refractivity contribution is 7.21. The van der Waals surface area contributed by atoms with E-state index >= 15 is 0 Å². The van der Waals surface area contributed by atoms with E-state index in [1.54, 1.807) is 0 Å². The molecule has 1 amide bonds. The maximum atomic E-state index is 13.5. The molecule has 1 atom stereocenters. The van der Waals surface area contributed by atoms with Gasteiger partial charge >= 0.3 is 6.09 Å². The van der Waals surface area contributed by atoms with E-state index in [9.17, 15) is 9.59 Å². The number of amides is 1. The second-order valence-electron chi connectivity index (χ2n) is 8.83. The van der Waals surface area contributed by atoms with Gasteiger partial charge in [-0.25, -0.2) is 14.7 Å². The smallest absolute Gasteiger partial charge is 0.297 e. The van der Waals surface area contributed by atoms with Crippen molar-refractivity contribution < 1.29 is 14.4 Å². The number of unbranched alkanes of at least 4 members (excludes halogenated alkanes) is 1. The summed E-state index contributed by atoms with van der Waals surface area (Å²) < 4.78 is 0.942. The second kappa shape index (κ2) is 12.9. The summed E-state index contributed by atoms with van der Waals surface area (Å²) in [5.74, 6) is 0.0775. The molecule has 37 heavy (non-hydrogen) atoms. The minimum absolute atomic E-state index is 0.0885. The Labute approximate surface area is 221 Å². The van der Waals surface area contributed by atoms with E-state index in [1.165, 1.54) is 16.2 Å². The zero-order valence-electron chi connectivity index (χ0n) is 21.2. The van der Waals surface area contributed by atoms with Gasteiger partial charge in [0.25, 0.3) is 0 Å². The molecule has 0 saturated carbocycles. The van der Waals surface area contributed by atoms with Crippen molar-refractivity contribution in [2.24, 2.45) is 11.1 Å². The topological polar surface area (TPSA) is 71.9 Å². The summed E-state index contributed by atoms with van der Waals surface area (Å²) in [5, 5.41) is 4.61. The summed E-state index contributed by atoms with van der Waals surface area (Å²) in [6.07, 6.45) is 3.65. The van der Waals surface area contributed by atoms with E-state index in [4.69, 9.17) is 4.84 Å².